The molecule has 2 fully saturated rings. The van der Waals surface area contributed by atoms with Gasteiger partial charge in [-0.2, -0.15) is 0 Å². The van der Waals surface area contributed by atoms with Crippen molar-refractivity contribution in [2.75, 3.05) is 24.5 Å². The van der Waals surface area contributed by atoms with Gasteiger partial charge in [-0.15, -0.1) is 0 Å². The lowest BCUT2D eigenvalue weighted by Crippen LogP contribution is -2.38. The summed E-state index contributed by atoms with van der Waals surface area (Å²) in [5.74, 6) is 1.78. The number of hydrogen-bond donors (Lipinski definition) is 2. The van der Waals surface area contributed by atoms with Crippen molar-refractivity contribution >= 4 is 34.9 Å². The van der Waals surface area contributed by atoms with Crippen LogP contribution in [0.15, 0.2) is 83.9 Å². The summed E-state index contributed by atoms with van der Waals surface area (Å²) in [4.78, 5) is 39.4. The minimum absolute atomic E-state index is 0.323. The number of nitrogens with zero attached hydrogens (tertiary/aromatic N) is 4. The zero-order chi connectivity index (χ0) is 29.6. The molecule has 218 valence electrons. The fourth-order valence-electron chi connectivity index (χ4n) is 5.00. The van der Waals surface area contributed by atoms with Crippen LogP contribution in [-0.4, -0.2) is 45.7 Å². The van der Waals surface area contributed by atoms with E-state index in [1.54, 1.807) is 18.3 Å². The molecule has 2 amide bonds. The second-order valence-electron chi connectivity index (χ2n) is 10.3. The molecule has 9 nitrogen and oxygen atoms in total. The van der Waals surface area contributed by atoms with E-state index in [4.69, 9.17) is 4.74 Å². The molecule has 2 N–H and O–H groups in total. The van der Waals surface area contributed by atoms with Gasteiger partial charge in [0.2, 0.25) is 5.95 Å². The molecule has 0 unspecified atom stereocenters. The smallest absolute Gasteiger partial charge is 0.290 e. The van der Waals surface area contributed by atoms with E-state index in [0.717, 1.165) is 55.6 Å². The summed E-state index contributed by atoms with van der Waals surface area (Å²) in [6, 6.07) is 21.6. The number of piperidine rings is 1. The second kappa shape index (κ2) is 13.1. The minimum Gasteiger partial charge on any atom is -0.457 e. The molecule has 4 aromatic rings. The maximum atomic E-state index is 14.5. The van der Waals surface area contributed by atoms with Gasteiger partial charge < -0.3 is 15.0 Å². The third-order valence-corrected chi connectivity index (χ3v) is 8.00. The van der Waals surface area contributed by atoms with Crippen LogP contribution in [0.3, 0.4) is 0 Å². The normalized spacial score (nSPS) is 16.5. The lowest BCUT2D eigenvalue weighted by molar-refractivity contribution is -0.115. The summed E-state index contributed by atoms with van der Waals surface area (Å²) in [6.45, 7) is 2.85. The quantitative estimate of drug-likeness (QED) is 0.232. The number of ether oxygens (including phenoxy) is 1. The summed E-state index contributed by atoms with van der Waals surface area (Å²) < 4.78 is 20.3. The molecular weight excluding hydrogens is 567 g/mol. The first kappa shape index (κ1) is 28.5. The molecule has 2 aromatic heterocycles. The molecule has 2 saturated heterocycles. The van der Waals surface area contributed by atoms with Crippen LogP contribution in [0.5, 0.6) is 11.5 Å². The molecule has 0 aliphatic carbocycles. The number of para-hydroxylation sites is 1. The van der Waals surface area contributed by atoms with E-state index in [0.29, 0.717) is 46.1 Å². The molecule has 2 aliphatic heterocycles. The van der Waals surface area contributed by atoms with Gasteiger partial charge in [-0.3, -0.25) is 19.9 Å². The zero-order valence-corrected chi connectivity index (χ0v) is 24.0. The number of nitrogens with one attached hydrogen (secondary N) is 2. The molecule has 11 heteroatoms. The van der Waals surface area contributed by atoms with Crippen molar-refractivity contribution in [2.45, 2.75) is 19.4 Å². The average molecular weight is 597 g/mol. The van der Waals surface area contributed by atoms with Gasteiger partial charge in [0.05, 0.1) is 22.0 Å². The van der Waals surface area contributed by atoms with Crippen molar-refractivity contribution in [2.24, 2.45) is 5.92 Å². The van der Waals surface area contributed by atoms with Gasteiger partial charge in [0.15, 0.2) is 0 Å². The van der Waals surface area contributed by atoms with E-state index in [-0.39, 0.29) is 11.1 Å². The monoisotopic (exact) mass is 596 g/mol. The first-order chi connectivity index (χ1) is 21.0. The number of pyridine rings is 1. The number of benzene rings is 2. The third kappa shape index (κ3) is 7.43. The van der Waals surface area contributed by atoms with Crippen LogP contribution < -0.4 is 20.3 Å². The predicted molar refractivity (Wildman–Crippen MR) is 164 cm³/mol. The summed E-state index contributed by atoms with van der Waals surface area (Å²) in [5, 5.41) is 5.32. The number of thioether (sulfide) groups is 1. The first-order valence-electron chi connectivity index (χ1n) is 14.0. The topological polar surface area (TPSA) is 109 Å². The molecule has 0 atom stereocenters. The Balaban J connectivity index is 0.997. The van der Waals surface area contributed by atoms with Crippen molar-refractivity contribution in [3.63, 3.8) is 0 Å². The molecule has 0 saturated carbocycles. The maximum absolute atomic E-state index is 14.5. The number of amides is 2. The second-order valence-corrected chi connectivity index (χ2v) is 11.3. The van der Waals surface area contributed by atoms with Gasteiger partial charge in [0.25, 0.3) is 11.1 Å². The van der Waals surface area contributed by atoms with E-state index in [1.165, 1.54) is 12.1 Å². The lowest BCUT2D eigenvalue weighted by Gasteiger charge is -2.32. The number of imide groups is 1. The van der Waals surface area contributed by atoms with Gasteiger partial charge >= 0.3 is 0 Å². The van der Waals surface area contributed by atoms with Gasteiger partial charge in [0.1, 0.15) is 17.3 Å². The molecule has 0 bridgehead atoms. The highest BCUT2D eigenvalue weighted by atomic mass is 32.2. The van der Waals surface area contributed by atoms with Gasteiger partial charge in [-0.1, -0.05) is 18.2 Å². The highest BCUT2D eigenvalue weighted by Gasteiger charge is 2.26. The Hall–Kier alpha value is -4.61. The van der Waals surface area contributed by atoms with Gasteiger partial charge in [-0.05, 0) is 91.7 Å². The summed E-state index contributed by atoms with van der Waals surface area (Å²) in [5.41, 5.74) is 2.62. The molecule has 6 rings (SSSR count). The summed E-state index contributed by atoms with van der Waals surface area (Å²) in [7, 11) is 0. The van der Waals surface area contributed by atoms with Crippen molar-refractivity contribution in [1.82, 2.24) is 25.6 Å². The number of aromatic nitrogens is 3. The van der Waals surface area contributed by atoms with Crippen molar-refractivity contribution < 1.29 is 18.7 Å². The Morgan fingerprint density at radius 3 is 2.51 bits per heavy atom. The summed E-state index contributed by atoms with van der Waals surface area (Å²) in [6.07, 6.45) is 5.17. The number of hydrogen-bond acceptors (Lipinski definition) is 9. The molecule has 2 aromatic carbocycles. The third-order valence-electron chi connectivity index (χ3n) is 7.19. The molecule has 4 heterocycles. The Bertz CT molecular complexity index is 1640. The lowest BCUT2D eigenvalue weighted by atomic mass is 9.97. The van der Waals surface area contributed by atoms with Gasteiger partial charge in [-0.25, -0.2) is 14.4 Å². The van der Waals surface area contributed by atoms with Crippen LogP contribution in [0.4, 0.5) is 15.1 Å². The van der Waals surface area contributed by atoms with Crippen LogP contribution in [-0.2, 0) is 11.3 Å². The van der Waals surface area contributed by atoms with Crippen LogP contribution in [0.1, 0.15) is 24.2 Å². The Kier molecular flexibility index (Phi) is 8.71. The molecule has 2 aliphatic rings. The number of carbonyl (C=O) groups is 2. The van der Waals surface area contributed by atoms with E-state index >= 15 is 0 Å². The number of halogens is 1. The average Bonchev–Trinajstić information content (AvgIpc) is 3.34. The van der Waals surface area contributed by atoms with Crippen LogP contribution in [0.2, 0.25) is 0 Å². The molecular formula is C32H29FN6O3S. The van der Waals surface area contributed by atoms with Gasteiger partial charge in [0, 0.05) is 37.5 Å². The standard InChI is InChI=1S/C32H29FN6O3S/c33-23-16-25(36-28(17-23)22-6-8-27(9-7-22)42-26-4-2-1-3-5-26)20-34-19-21-11-14-39(15-12-21)31-35-13-10-24(37-31)18-29-30(40)38-32(41)43-29/h1-10,13,16-18,21,34H,11-12,14-15,19-20H2,(H,38,40,41)/b29-18+. The Morgan fingerprint density at radius 1 is 1.00 bits per heavy atom. The Labute approximate surface area is 252 Å². The minimum atomic E-state index is -0.406. The van der Waals surface area contributed by atoms with Crippen molar-refractivity contribution in [3.05, 3.63) is 101 Å². The van der Waals surface area contributed by atoms with E-state index in [1.807, 2.05) is 54.6 Å². The van der Waals surface area contributed by atoms with Crippen molar-refractivity contribution in [1.29, 1.82) is 0 Å². The highest BCUT2D eigenvalue weighted by molar-refractivity contribution is 8.18. The summed E-state index contributed by atoms with van der Waals surface area (Å²) >= 11 is 0.868. The zero-order valence-electron chi connectivity index (χ0n) is 23.2. The number of carbonyl (C=O) groups excluding carboxylic acids is 2. The number of rotatable bonds is 9. The van der Waals surface area contributed by atoms with Crippen LogP contribution in [0.25, 0.3) is 17.3 Å². The fourth-order valence-corrected chi connectivity index (χ4v) is 5.67. The Morgan fingerprint density at radius 2 is 1.77 bits per heavy atom. The predicted octanol–water partition coefficient (Wildman–Crippen LogP) is 5.80. The van der Waals surface area contributed by atoms with E-state index < -0.39 is 5.91 Å². The van der Waals surface area contributed by atoms with Crippen LogP contribution >= 0.6 is 11.8 Å². The SMILES string of the molecule is O=C1NC(=O)/C(=C\c2ccnc(N3CCC(CNCc4cc(F)cc(-c5ccc(Oc6ccccc6)cc5)n4)CC3)n2)S1. The fraction of sp³-hybridized carbons (Fsp3) is 0.219. The molecule has 0 spiro atoms. The highest BCUT2D eigenvalue weighted by Crippen LogP contribution is 2.27. The molecule has 43 heavy (non-hydrogen) atoms. The van der Waals surface area contributed by atoms with E-state index in [2.05, 4.69) is 30.5 Å². The number of anilines is 1. The van der Waals surface area contributed by atoms with Crippen LogP contribution in [0, 0.1) is 11.7 Å². The molecule has 0 radical (unpaired) electrons. The van der Waals surface area contributed by atoms with E-state index in [9.17, 15) is 14.0 Å². The largest absolute Gasteiger partial charge is 0.457 e. The van der Waals surface area contributed by atoms with Crippen molar-refractivity contribution in [3.8, 4) is 22.8 Å². The first-order valence-corrected chi connectivity index (χ1v) is 14.8. The maximum Gasteiger partial charge on any atom is 0.290 e.